The smallest absolute Gasteiger partial charge is 0.326 e. The van der Waals surface area contributed by atoms with Crippen LogP contribution >= 0.6 is 0 Å². The number of rotatable bonds is 7. The van der Waals surface area contributed by atoms with E-state index in [4.69, 9.17) is 5.11 Å². The average molecular weight is 268 g/mol. The van der Waals surface area contributed by atoms with Crippen LogP contribution in [0.4, 0.5) is 4.79 Å². The summed E-state index contributed by atoms with van der Waals surface area (Å²) < 4.78 is 0. The number of unbranched alkanes of at least 4 members (excludes halogenated alkanes) is 1. The maximum Gasteiger partial charge on any atom is 0.326 e. The van der Waals surface area contributed by atoms with Crippen LogP contribution in [0.15, 0.2) is 6.20 Å². The molecule has 4 N–H and O–H groups in total. The van der Waals surface area contributed by atoms with Crippen LogP contribution in [0.1, 0.15) is 37.4 Å². The normalized spacial score (nSPS) is 11.9. The van der Waals surface area contributed by atoms with E-state index in [1.807, 2.05) is 13.8 Å². The Balaban J connectivity index is 2.40. The molecule has 0 aromatic carbocycles. The maximum atomic E-state index is 11.6. The average Bonchev–Trinajstić information content (AvgIpc) is 2.77. The highest BCUT2D eigenvalue weighted by Gasteiger charge is 2.18. The SMILES string of the molecule is CCCCC(NC(=O)NCc1cn[nH]c1C)C(=O)O. The number of nitrogens with one attached hydrogen (secondary N) is 3. The van der Waals surface area contributed by atoms with Crippen molar-refractivity contribution in [3.05, 3.63) is 17.5 Å². The highest BCUT2D eigenvalue weighted by molar-refractivity contribution is 5.82. The number of carbonyl (C=O) groups excluding carboxylic acids is 1. The molecular formula is C12H20N4O3. The van der Waals surface area contributed by atoms with Gasteiger partial charge in [0.2, 0.25) is 0 Å². The van der Waals surface area contributed by atoms with E-state index in [-0.39, 0.29) is 0 Å². The van der Waals surface area contributed by atoms with Gasteiger partial charge >= 0.3 is 12.0 Å². The number of urea groups is 1. The van der Waals surface area contributed by atoms with Crippen molar-refractivity contribution >= 4 is 12.0 Å². The van der Waals surface area contributed by atoms with Crippen molar-refractivity contribution in [3.63, 3.8) is 0 Å². The van der Waals surface area contributed by atoms with E-state index in [9.17, 15) is 9.59 Å². The third-order valence-electron chi connectivity index (χ3n) is 2.82. The third-order valence-corrected chi connectivity index (χ3v) is 2.82. The van der Waals surface area contributed by atoms with Crippen LogP contribution in [0, 0.1) is 6.92 Å². The second-order valence-corrected chi connectivity index (χ2v) is 4.38. The van der Waals surface area contributed by atoms with Crippen molar-refractivity contribution < 1.29 is 14.7 Å². The molecule has 1 aromatic heterocycles. The molecule has 0 saturated carbocycles. The van der Waals surface area contributed by atoms with Crippen LogP contribution in [0.5, 0.6) is 0 Å². The number of aryl methyl sites for hydroxylation is 1. The van der Waals surface area contributed by atoms with Crippen molar-refractivity contribution in [2.75, 3.05) is 0 Å². The molecule has 106 valence electrons. The zero-order valence-electron chi connectivity index (χ0n) is 11.2. The lowest BCUT2D eigenvalue weighted by atomic mass is 10.1. The number of aliphatic carboxylic acids is 1. The van der Waals surface area contributed by atoms with Crippen molar-refractivity contribution in [2.45, 2.75) is 45.7 Å². The lowest BCUT2D eigenvalue weighted by Gasteiger charge is -2.14. The Kier molecular flexibility index (Phi) is 5.84. The molecule has 0 bridgehead atoms. The van der Waals surface area contributed by atoms with E-state index in [1.165, 1.54) is 0 Å². The van der Waals surface area contributed by atoms with E-state index < -0.39 is 18.0 Å². The van der Waals surface area contributed by atoms with E-state index in [1.54, 1.807) is 6.20 Å². The van der Waals surface area contributed by atoms with Gasteiger partial charge in [-0.1, -0.05) is 19.8 Å². The van der Waals surface area contributed by atoms with Gasteiger partial charge in [0.25, 0.3) is 0 Å². The summed E-state index contributed by atoms with van der Waals surface area (Å²) in [4.78, 5) is 22.6. The molecule has 1 rings (SSSR count). The lowest BCUT2D eigenvalue weighted by molar-refractivity contribution is -0.139. The first-order valence-corrected chi connectivity index (χ1v) is 6.30. The maximum absolute atomic E-state index is 11.6. The van der Waals surface area contributed by atoms with Gasteiger partial charge in [-0.3, -0.25) is 5.10 Å². The molecule has 1 atom stereocenters. The number of carbonyl (C=O) groups is 2. The summed E-state index contributed by atoms with van der Waals surface area (Å²) in [6, 6.07) is -1.32. The Bertz CT molecular complexity index is 430. The molecule has 1 unspecified atom stereocenters. The summed E-state index contributed by atoms with van der Waals surface area (Å²) >= 11 is 0. The molecule has 0 aliphatic heterocycles. The predicted molar refractivity (Wildman–Crippen MR) is 69.6 cm³/mol. The molecule has 0 aliphatic rings. The van der Waals surface area contributed by atoms with E-state index in [0.717, 1.165) is 24.1 Å². The standard InChI is InChI=1S/C12H20N4O3/c1-3-4-5-10(11(17)18)15-12(19)13-6-9-7-14-16-8(9)2/h7,10H,3-6H2,1-2H3,(H,14,16)(H,17,18)(H2,13,15,19). The zero-order chi connectivity index (χ0) is 14.3. The first-order valence-electron chi connectivity index (χ1n) is 6.30. The second kappa shape index (κ2) is 7.40. The molecule has 2 amide bonds. The van der Waals surface area contributed by atoms with Crippen molar-refractivity contribution in [3.8, 4) is 0 Å². The largest absolute Gasteiger partial charge is 0.480 e. The molecule has 1 aromatic rings. The summed E-state index contributed by atoms with van der Waals surface area (Å²) in [5.74, 6) is -1.01. The lowest BCUT2D eigenvalue weighted by Crippen LogP contribution is -2.45. The van der Waals surface area contributed by atoms with Crippen LogP contribution in [0.2, 0.25) is 0 Å². The topological polar surface area (TPSA) is 107 Å². The zero-order valence-corrected chi connectivity index (χ0v) is 11.2. The fourth-order valence-electron chi connectivity index (χ4n) is 1.60. The van der Waals surface area contributed by atoms with Crippen molar-refractivity contribution in [1.82, 2.24) is 20.8 Å². The minimum absolute atomic E-state index is 0.314. The second-order valence-electron chi connectivity index (χ2n) is 4.38. The van der Waals surface area contributed by atoms with Gasteiger partial charge in [-0.15, -0.1) is 0 Å². The van der Waals surface area contributed by atoms with Crippen LogP contribution < -0.4 is 10.6 Å². The van der Waals surface area contributed by atoms with Gasteiger partial charge in [0.05, 0.1) is 6.20 Å². The molecule has 0 radical (unpaired) electrons. The first-order chi connectivity index (χ1) is 9.04. The van der Waals surface area contributed by atoms with Crippen LogP contribution in [-0.4, -0.2) is 33.3 Å². The number of hydrogen-bond donors (Lipinski definition) is 4. The summed E-state index contributed by atoms with van der Waals surface area (Å²) in [6.45, 7) is 4.14. The quantitative estimate of drug-likeness (QED) is 0.595. The Morgan fingerprint density at radius 2 is 2.26 bits per heavy atom. The Hall–Kier alpha value is -2.05. The molecule has 0 spiro atoms. The molecular weight excluding hydrogens is 248 g/mol. The Labute approximate surface area is 111 Å². The van der Waals surface area contributed by atoms with E-state index in [0.29, 0.717) is 13.0 Å². The first kappa shape index (κ1) is 15.0. The fourth-order valence-corrected chi connectivity index (χ4v) is 1.60. The van der Waals surface area contributed by atoms with Gasteiger partial charge in [-0.25, -0.2) is 9.59 Å². The van der Waals surface area contributed by atoms with E-state index >= 15 is 0 Å². The summed E-state index contributed by atoms with van der Waals surface area (Å²) in [5, 5.41) is 20.7. The van der Waals surface area contributed by atoms with Gasteiger partial charge in [0.15, 0.2) is 0 Å². The van der Waals surface area contributed by atoms with Gasteiger partial charge in [0, 0.05) is 17.8 Å². The number of hydrogen-bond acceptors (Lipinski definition) is 3. The summed E-state index contributed by atoms with van der Waals surface area (Å²) in [7, 11) is 0. The number of carboxylic acid groups (broad SMARTS) is 1. The fraction of sp³-hybridized carbons (Fsp3) is 0.583. The molecule has 7 heteroatoms. The molecule has 1 heterocycles. The third kappa shape index (κ3) is 4.99. The van der Waals surface area contributed by atoms with Gasteiger partial charge < -0.3 is 15.7 Å². The molecule has 19 heavy (non-hydrogen) atoms. The molecule has 0 fully saturated rings. The van der Waals surface area contributed by atoms with Crippen molar-refractivity contribution in [2.24, 2.45) is 0 Å². The number of nitrogens with zero attached hydrogens (tertiary/aromatic N) is 1. The van der Waals surface area contributed by atoms with Gasteiger partial charge in [-0.05, 0) is 13.3 Å². The minimum Gasteiger partial charge on any atom is -0.480 e. The molecule has 7 nitrogen and oxygen atoms in total. The highest BCUT2D eigenvalue weighted by Crippen LogP contribution is 2.02. The molecule has 0 aliphatic carbocycles. The van der Waals surface area contributed by atoms with Gasteiger partial charge in [0.1, 0.15) is 6.04 Å². The van der Waals surface area contributed by atoms with Crippen LogP contribution in [-0.2, 0) is 11.3 Å². The number of aromatic nitrogens is 2. The van der Waals surface area contributed by atoms with Gasteiger partial charge in [-0.2, -0.15) is 5.10 Å². The van der Waals surface area contributed by atoms with Crippen LogP contribution in [0.3, 0.4) is 0 Å². The van der Waals surface area contributed by atoms with Crippen LogP contribution in [0.25, 0.3) is 0 Å². The summed E-state index contributed by atoms with van der Waals surface area (Å²) in [5.41, 5.74) is 1.75. The Morgan fingerprint density at radius 3 is 2.79 bits per heavy atom. The monoisotopic (exact) mass is 268 g/mol. The molecule has 0 saturated heterocycles. The summed E-state index contributed by atoms with van der Waals surface area (Å²) in [6.07, 6.45) is 3.71. The Morgan fingerprint density at radius 1 is 1.53 bits per heavy atom. The van der Waals surface area contributed by atoms with E-state index in [2.05, 4.69) is 20.8 Å². The highest BCUT2D eigenvalue weighted by atomic mass is 16.4. The van der Waals surface area contributed by atoms with Crippen molar-refractivity contribution in [1.29, 1.82) is 0 Å². The predicted octanol–water partition coefficient (Wildman–Crippen LogP) is 1.16. The number of carboxylic acids is 1. The number of H-pyrrole nitrogens is 1. The minimum atomic E-state index is -1.01. The number of aromatic amines is 1. The number of amides is 2.